The van der Waals surface area contributed by atoms with Crippen LogP contribution in [0.25, 0.3) is 11.1 Å². The normalized spacial score (nSPS) is 16.5. The van der Waals surface area contributed by atoms with Gasteiger partial charge in [-0.2, -0.15) is 0 Å². The fourth-order valence-corrected chi connectivity index (χ4v) is 3.56. The summed E-state index contributed by atoms with van der Waals surface area (Å²) in [5.41, 5.74) is 3.36. The van der Waals surface area contributed by atoms with E-state index in [0.717, 1.165) is 16.7 Å². The number of benzene rings is 1. The van der Waals surface area contributed by atoms with Gasteiger partial charge in [-0.05, 0) is 54.5 Å². The third-order valence-corrected chi connectivity index (χ3v) is 4.96. The average Bonchev–Trinajstić information content (AvgIpc) is 2.63. The van der Waals surface area contributed by atoms with Crippen molar-refractivity contribution < 1.29 is 4.79 Å². The molecule has 0 bridgehead atoms. The summed E-state index contributed by atoms with van der Waals surface area (Å²) in [7, 11) is 0. The Morgan fingerprint density at radius 1 is 1.17 bits per heavy atom. The van der Waals surface area contributed by atoms with E-state index in [1.807, 2.05) is 18.3 Å². The van der Waals surface area contributed by atoms with Crippen molar-refractivity contribution in [2.75, 3.05) is 0 Å². The minimum absolute atomic E-state index is 0.0257. The number of hydrogen-bond donors (Lipinski definition) is 1. The molecule has 0 spiro atoms. The number of pyridine rings is 1. The maximum atomic E-state index is 12.3. The van der Waals surface area contributed by atoms with Gasteiger partial charge < -0.3 is 5.32 Å². The maximum Gasteiger partial charge on any atom is 0.220 e. The first-order chi connectivity index (χ1) is 11.7. The predicted molar refractivity (Wildman–Crippen MR) is 97.4 cm³/mol. The zero-order chi connectivity index (χ0) is 16.8. The van der Waals surface area contributed by atoms with Crippen LogP contribution >= 0.6 is 0 Å². The van der Waals surface area contributed by atoms with Crippen LogP contribution in [0.3, 0.4) is 0 Å². The van der Waals surface area contributed by atoms with E-state index in [-0.39, 0.29) is 11.9 Å². The summed E-state index contributed by atoms with van der Waals surface area (Å²) in [5.74, 6) is 0.758. The molecule has 1 heterocycles. The van der Waals surface area contributed by atoms with Gasteiger partial charge in [0.1, 0.15) is 0 Å². The van der Waals surface area contributed by atoms with Crippen molar-refractivity contribution in [1.82, 2.24) is 10.3 Å². The molecular formula is C21H26N2O. The number of amides is 1. The molecule has 1 aliphatic rings. The van der Waals surface area contributed by atoms with Crippen LogP contribution in [-0.2, 0) is 4.79 Å². The number of nitrogens with zero attached hydrogens (tertiary/aromatic N) is 1. The van der Waals surface area contributed by atoms with Crippen molar-refractivity contribution >= 4 is 5.91 Å². The highest BCUT2D eigenvalue weighted by atomic mass is 16.1. The van der Waals surface area contributed by atoms with E-state index >= 15 is 0 Å². The van der Waals surface area contributed by atoms with E-state index in [1.54, 1.807) is 6.20 Å². The van der Waals surface area contributed by atoms with E-state index in [2.05, 4.69) is 41.5 Å². The second-order valence-electron chi connectivity index (χ2n) is 6.86. The maximum absolute atomic E-state index is 12.3. The molecule has 0 aliphatic heterocycles. The molecule has 3 nitrogen and oxygen atoms in total. The number of carbonyl (C=O) groups is 1. The van der Waals surface area contributed by atoms with Crippen LogP contribution in [0.15, 0.2) is 48.8 Å². The van der Waals surface area contributed by atoms with Crippen molar-refractivity contribution in [2.45, 2.75) is 51.5 Å². The molecule has 1 aromatic heterocycles. The van der Waals surface area contributed by atoms with E-state index in [0.29, 0.717) is 12.3 Å². The minimum Gasteiger partial charge on any atom is -0.350 e. The molecule has 0 saturated heterocycles. The number of carbonyl (C=O) groups excluding carboxylic acids is 1. The largest absolute Gasteiger partial charge is 0.350 e. The van der Waals surface area contributed by atoms with Crippen LogP contribution in [0.2, 0.25) is 0 Å². The summed E-state index contributed by atoms with van der Waals surface area (Å²) in [6, 6.07) is 12.4. The number of nitrogens with one attached hydrogen (secondary N) is 1. The van der Waals surface area contributed by atoms with Crippen LogP contribution in [0, 0.1) is 5.92 Å². The minimum atomic E-state index is 0.0257. The Kier molecular flexibility index (Phi) is 5.63. The van der Waals surface area contributed by atoms with Crippen molar-refractivity contribution in [3.8, 4) is 11.1 Å². The van der Waals surface area contributed by atoms with Gasteiger partial charge in [0.25, 0.3) is 0 Å². The molecule has 3 heteroatoms. The molecule has 0 unspecified atom stereocenters. The van der Waals surface area contributed by atoms with Gasteiger partial charge in [0.05, 0.1) is 6.04 Å². The lowest BCUT2D eigenvalue weighted by Gasteiger charge is -2.22. The quantitative estimate of drug-likeness (QED) is 0.851. The predicted octanol–water partition coefficient (Wildman–Crippen LogP) is 4.90. The molecule has 1 aromatic carbocycles. The van der Waals surface area contributed by atoms with Gasteiger partial charge in [0.2, 0.25) is 5.91 Å². The first-order valence-electron chi connectivity index (χ1n) is 9.02. The molecule has 2 aromatic rings. The number of hydrogen-bond acceptors (Lipinski definition) is 2. The summed E-state index contributed by atoms with van der Waals surface area (Å²) < 4.78 is 0. The summed E-state index contributed by atoms with van der Waals surface area (Å²) in [4.78, 5) is 16.5. The highest BCUT2D eigenvalue weighted by Gasteiger charge is 2.18. The van der Waals surface area contributed by atoms with Crippen LogP contribution in [0.5, 0.6) is 0 Å². The second-order valence-corrected chi connectivity index (χ2v) is 6.86. The first-order valence-corrected chi connectivity index (χ1v) is 9.02. The van der Waals surface area contributed by atoms with Gasteiger partial charge in [-0.25, -0.2) is 0 Å². The highest BCUT2D eigenvalue weighted by Crippen LogP contribution is 2.27. The number of aromatic nitrogens is 1. The Hall–Kier alpha value is -2.16. The Morgan fingerprint density at radius 3 is 2.71 bits per heavy atom. The van der Waals surface area contributed by atoms with Crippen molar-refractivity contribution in [1.29, 1.82) is 0 Å². The van der Waals surface area contributed by atoms with Crippen molar-refractivity contribution in [3.05, 3.63) is 54.4 Å². The van der Waals surface area contributed by atoms with Crippen molar-refractivity contribution in [3.63, 3.8) is 0 Å². The zero-order valence-corrected chi connectivity index (χ0v) is 14.4. The molecule has 1 amide bonds. The Labute approximate surface area is 144 Å². The molecule has 126 valence electrons. The summed E-state index contributed by atoms with van der Waals surface area (Å²) >= 11 is 0. The number of rotatable bonds is 5. The molecule has 3 rings (SSSR count). The van der Waals surface area contributed by atoms with Gasteiger partial charge in [-0.15, -0.1) is 0 Å². The Bertz CT molecular complexity index is 663. The standard InChI is InChI=1S/C21H26N2O/c1-16(23-21(24)13-17-7-3-2-4-8-17)18-9-5-10-19(14-18)20-11-6-12-22-15-20/h5-6,9-12,14-17H,2-4,7-8,13H2,1H3,(H,23,24)/t16-/m0/s1. The van der Waals surface area contributed by atoms with Gasteiger partial charge in [-0.3, -0.25) is 9.78 Å². The fourth-order valence-electron chi connectivity index (χ4n) is 3.56. The van der Waals surface area contributed by atoms with Gasteiger partial charge >= 0.3 is 0 Å². The van der Waals surface area contributed by atoms with E-state index in [1.165, 1.54) is 32.1 Å². The molecule has 1 N–H and O–H groups in total. The van der Waals surface area contributed by atoms with E-state index in [9.17, 15) is 4.79 Å². The smallest absolute Gasteiger partial charge is 0.220 e. The van der Waals surface area contributed by atoms with Gasteiger partial charge in [0.15, 0.2) is 0 Å². The Morgan fingerprint density at radius 2 is 1.96 bits per heavy atom. The van der Waals surface area contributed by atoms with Crippen LogP contribution in [0.4, 0.5) is 0 Å². The Balaban J connectivity index is 1.62. The molecule has 1 saturated carbocycles. The van der Waals surface area contributed by atoms with Crippen LogP contribution < -0.4 is 5.32 Å². The third kappa shape index (κ3) is 4.44. The zero-order valence-electron chi connectivity index (χ0n) is 14.4. The summed E-state index contributed by atoms with van der Waals surface area (Å²) in [5, 5.41) is 3.17. The van der Waals surface area contributed by atoms with Crippen LogP contribution in [-0.4, -0.2) is 10.9 Å². The topological polar surface area (TPSA) is 42.0 Å². The lowest BCUT2D eigenvalue weighted by molar-refractivity contribution is -0.122. The monoisotopic (exact) mass is 322 g/mol. The van der Waals surface area contributed by atoms with Gasteiger partial charge in [-0.1, -0.05) is 43.5 Å². The highest BCUT2D eigenvalue weighted by molar-refractivity contribution is 5.76. The lowest BCUT2D eigenvalue weighted by atomic mass is 9.87. The fraction of sp³-hybridized carbons (Fsp3) is 0.429. The molecule has 1 fully saturated rings. The third-order valence-electron chi connectivity index (χ3n) is 4.96. The van der Waals surface area contributed by atoms with Crippen LogP contribution in [0.1, 0.15) is 57.1 Å². The first kappa shape index (κ1) is 16.7. The molecule has 1 atom stereocenters. The molecule has 24 heavy (non-hydrogen) atoms. The molecular weight excluding hydrogens is 296 g/mol. The average molecular weight is 322 g/mol. The lowest BCUT2D eigenvalue weighted by Crippen LogP contribution is -2.28. The summed E-state index contributed by atoms with van der Waals surface area (Å²) in [6.45, 7) is 2.06. The summed E-state index contributed by atoms with van der Waals surface area (Å²) in [6.07, 6.45) is 10.6. The second kappa shape index (κ2) is 8.09. The van der Waals surface area contributed by atoms with E-state index in [4.69, 9.17) is 0 Å². The van der Waals surface area contributed by atoms with E-state index < -0.39 is 0 Å². The SMILES string of the molecule is C[C@H](NC(=O)CC1CCCCC1)c1cccc(-c2cccnc2)c1. The molecule has 1 aliphatic carbocycles. The molecule has 0 radical (unpaired) electrons. The van der Waals surface area contributed by atoms with Crippen molar-refractivity contribution in [2.24, 2.45) is 5.92 Å². The van der Waals surface area contributed by atoms with Gasteiger partial charge in [0, 0.05) is 18.8 Å².